The van der Waals surface area contributed by atoms with Gasteiger partial charge in [-0.15, -0.1) is 11.6 Å². The molecule has 0 aliphatic carbocycles. The largest absolute Gasteiger partial charge is 0.327 e. The Morgan fingerprint density at radius 3 is 2.75 bits per heavy atom. The van der Waals surface area contributed by atoms with E-state index in [9.17, 15) is 0 Å². The summed E-state index contributed by atoms with van der Waals surface area (Å²) in [6.45, 7) is 0.788. The Hall–Kier alpha value is -1.58. The number of nitrogens with zero attached hydrogens (tertiary/aromatic N) is 3. The fourth-order valence-corrected chi connectivity index (χ4v) is 2.70. The zero-order chi connectivity index (χ0) is 13.9. The van der Waals surface area contributed by atoms with Gasteiger partial charge in [-0.05, 0) is 24.3 Å². The van der Waals surface area contributed by atoms with E-state index in [1.165, 1.54) is 0 Å². The van der Waals surface area contributed by atoms with Gasteiger partial charge in [-0.1, -0.05) is 23.7 Å². The van der Waals surface area contributed by atoms with Crippen LogP contribution in [0.25, 0.3) is 11.0 Å². The SMILES string of the molecule is ClCc1nc2c(Cl)cccc2n1CCc1ccccn1. The molecule has 0 fully saturated rings. The zero-order valence-electron chi connectivity index (χ0n) is 10.8. The molecule has 0 unspecified atom stereocenters. The average Bonchev–Trinajstić information content (AvgIpc) is 2.85. The molecule has 0 aliphatic rings. The number of halogens is 2. The summed E-state index contributed by atoms with van der Waals surface area (Å²) in [4.78, 5) is 8.86. The molecule has 3 aromatic rings. The standard InChI is InChI=1S/C15H13Cl2N3/c16-10-14-19-15-12(17)5-3-6-13(15)20(14)9-7-11-4-1-2-8-18-11/h1-6,8H,7,9-10H2. The summed E-state index contributed by atoms with van der Waals surface area (Å²) < 4.78 is 2.11. The minimum Gasteiger partial charge on any atom is -0.327 e. The van der Waals surface area contributed by atoms with Gasteiger partial charge in [0.05, 0.1) is 16.4 Å². The van der Waals surface area contributed by atoms with Gasteiger partial charge in [-0.2, -0.15) is 0 Å². The van der Waals surface area contributed by atoms with Crippen LogP contribution in [0.2, 0.25) is 5.02 Å². The lowest BCUT2D eigenvalue weighted by Gasteiger charge is -2.07. The van der Waals surface area contributed by atoms with Crippen LogP contribution in [0.1, 0.15) is 11.5 Å². The first-order chi connectivity index (χ1) is 9.79. The topological polar surface area (TPSA) is 30.7 Å². The van der Waals surface area contributed by atoms with Crippen LogP contribution in [0.3, 0.4) is 0 Å². The molecule has 0 bridgehead atoms. The van der Waals surface area contributed by atoms with E-state index in [1.807, 2.05) is 36.4 Å². The lowest BCUT2D eigenvalue weighted by Crippen LogP contribution is -2.05. The third-order valence-corrected chi connectivity index (χ3v) is 3.79. The van der Waals surface area contributed by atoms with E-state index in [4.69, 9.17) is 23.2 Å². The molecule has 0 spiro atoms. The summed E-state index contributed by atoms with van der Waals surface area (Å²) >= 11 is 12.2. The summed E-state index contributed by atoms with van der Waals surface area (Å²) in [5.74, 6) is 1.21. The van der Waals surface area contributed by atoms with E-state index in [0.717, 1.165) is 35.5 Å². The molecule has 0 N–H and O–H groups in total. The minimum absolute atomic E-state index is 0.368. The molecule has 3 rings (SSSR count). The Labute approximate surface area is 127 Å². The molecule has 5 heteroatoms. The lowest BCUT2D eigenvalue weighted by molar-refractivity contribution is 0.678. The summed E-state index contributed by atoms with van der Waals surface area (Å²) in [5.41, 5.74) is 2.88. The fraction of sp³-hybridized carbons (Fsp3) is 0.200. The van der Waals surface area contributed by atoms with Crippen LogP contribution in [-0.4, -0.2) is 14.5 Å². The molecule has 20 heavy (non-hydrogen) atoms. The van der Waals surface area contributed by atoms with Crippen molar-refractivity contribution in [3.63, 3.8) is 0 Å². The summed E-state index contributed by atoms with van der Waals surface area (Å²) in [7, 11) is 0. The van der Waals surface area contributed by atoms with Crippen molar-refractivity contribution in [2.24, 2.45) is 0 Å². The number of pyridine rings is 1. The van der Waals surface area contributed by atoms with Crippen molar-refractivity contribution in [1.82, 2.24) is 14.5 Å². The molecule has 0 radical (unpaired) electrons. The second-order valence-electron chi connectivity index (χ2n) is 4.49. The molecule has 0 amide bonds. The number of aryl methyl sites for hydroxylation is 2. The molecule has 102 valence electrons. The Morgan fingerprint density at radius 1 is 1.10 bits per heavy atom. The van der Waals surface area contributed by atoms with Crippen LogP contribution >= 0.6 is 23.2 Å². The van der Waals surface area contributed by atoms with Gasteiger partial charge in [0, 0.05) is 24.9 Å². The Kier molecular flexibility index (Phi) is 3.90. The van der Waals surface area contributed by atoms with Crippen molar-refractivity contribution < 1.29 is 0 Å². The molecular weight excluding hydrogens is 293 g/mol. The van der Waals surface area contributed by atoms with Crippen LogP contribution in [-0.2, 0) is 18.8 Å². The normalized spacial score (nSPS) is 11.1. The number of benzene rings is 1. The molecular formula is C15H13Cl2N3. The number of hydrogen-bond acceptors (Lipinski definition) is 2. The Morgan fingerprint density at radius 2 is 2.00 bits per heavy atom. The highest BCUT2D eigenvalue weighted by molar-refractivity contribution is 6.35. The maximum atomic E-state index is 6.19. The van der Waals surface area contributed by atoms with Crippen molar-refractivity contribution in [3.8, 4) is 0 Å². The van der Waals surface area contributed by atoms with Gasteiger partial charge in [0.25, 0.3) is 0 Å². The predicted octanol–water partition coefficient (Wildman–Crippen LogP) is 4.07. The number of aromatic nitrogens is 3. The molecule has 3 nitrogen and oxygen atoms in total. The van der Waals surface area contributed by atoms with Crippen LogP contribution in [0.5, 0.6) is 0 Å². The quantitative estimate of drug-likeness (QED) is 0.680. The Bertz CT molecular complexity index is 723. The van der Waals surface area contributed by atoms with E-state index < -0.39 is 0 Å². The molecule has 0 saturated carbocycles. The highest BCUT2D eigenvalue weighted by Gasteiger charge is 2.12. The highest BCUT2D eigenvalue weighted by atomic mass is 35.5. The van der Waals surface area contributed by atoms with Gasteiger partial charge in [0.2, 0.25) is 0 Å². The first-order valence-electron chi connectivity index (χ1n) is 6.39. The van der Waals surface area contributed by atoms with Crippen molar-refractivity contribution in [1.29, 1.82) is 0 Å². The lowest BCUT2D eigenvalue weighted by atomic mass is 10.2. The van der Waals surface area contributed by atoms with Crippen LogP contribution in [0.4, 0.5) is 0 Å². The summed E-state index contributed by atoms with van der Waals surface area (Å²) in [5, 5.41) is 0.658. The van der Waals surface area contributed by atoms with E-state index in [0.29, 0.717) is 10.9 Å². The summed E-state index contributed by atoms with van der Waals surface area (Å²) in [6.07, 6.45) is 2.64. The third kappa shape index (κ3) is 2.51. The monoisotopic (exact) mass is 305 g/mol. The first kappa shape index (κ1) is 13.4. The maximum Gasteiger partial charge on any atom is 0.124 e. The van der Waals surface area contributed by atoms with Crippen LogP contribution in [0.15, 0.2) is 42.6 Å². The van der Waals surface area contributed by atoms with Crippen molar-refractivity contribution >= 4 is 34.2 Å². The van der Waals surface area contributed by atoms with Crippen LogP contribution in [0, 0.1) is 0 Å². The smallest absolute Gasteiger partial charge is 0.124 e. The molecule has 0 atom stereocenters. The molecule has 2 aromatic heterocycles. The van der Waals surface area contributed by atoms with Gasteiger partial charge in [-0.3, -0.25) is 4.98 Å². The van der Waals surface area contributed by atoms with Crippen molar-refractivity contribution in [2.45, 2.75) is 18.8 Å². The average molecular weight is 306 g/mol. The number of imidazole rings is 1. The fourth-order valence-electron chi connectivity index (χ4n) is 2.28. The maximum absolute atomic E-state index is 6.19. The van der Waals surface area contributed by atoms with Gasteiger partial charge in [0.15, 0.2) is 0 Å². The predicted molar refractivity (Wildman–Crippen MR) is 82.2 cm³/mol. The highest BCUT2D eigenvalue weighted by Crippen LogP contribution is 2.24. The zero-order valence-corrected chi connectivity index (χ0v) is 12.3. The van der Waals surface area contributed by atoms with Crippen molar-refractivity contribution in [3.05, 3.63) is 59.1 Å². The molecule has 0 aliphatic heterocycles. The second-order valence-corrected chi connectivity index (χ2v) is 5.17. The number of hydrogen-bond donors (Lipinski definition) is 0. The van der Waals surface area contributed by atoms with E-state index in [2.05, 4.69) is 14.5 Å². The molecule has 1 aromatic carbocycles. The number of para-hydroxylation sites is 1. The molecule has 0 saturated heterocycles. The van der Waals surface area contributed by atoms with E-state index in [-0.39, 0.29) is 0 Å². The van der Waals surface area contributed by atoms with E-state index in [1.54, 1.807) is 6.20 Å². The number of rotatable bonds is 4. The molecule has 2 heterocycles. The third-order valence-electron chi connectivity index (χ3n) is 3.25. The van der Waals surface area contributed by atoms with E-state index >= 15 is 0 Å². The first-order valence-corrected chi connectivity index (χ1v) is 7.30. The van der Waals surface area contributed by atoms with Gasteiger partial charge >= 0.3 is 0 Å². The minimum atomic E-state index is 0.368. The van der Waals surface area contributed by atoms with Crippen molar-refractivity contribution in [2.75, 3.05) is 0 Å². The second kappa shape index (κ2) is 5.81. The van der Waals surface area contributed by atoms with Gasteiger partial charge in [-0.25, -0.2) is 4.98 Å². The summed E-state index contributed by atoms with van der Waals surface area (Å²) in [6, 6.07) is 11.7. The number of fused-ring (bicyclic) bond motifs is 1. The van der Waals surface area contributed by atoms with Gasteiger partial charge < -0.3 is 4.57 Å². The van der Waals surface area contributed by atoms with Crippen LogP contribution < -0.4 is 0 Å². The van der Waals surface area contributed by atoms with Gasteiger partial charge in [0.1, 0.15) is 11.3 Å². The number of alkyl halides is 1. The Balaban J connectivity index is 1.96.